The van der Waals surface area contributed by atoms with Gasteiger partial charge in [0, 0.05) is 0 Å². The Morgan fingerprint density at radius 1 is 1.00 bits per heavy atom. The van der Waals surface area contributed by atoms with Gasteiger partial charge in [-0.05, 0) is 61.7 Å². The monoisotopic (exact) mass is 313 g/mol. The average Bonchev–Trinajstić information content (AvgIpc) is 2.58. The molecule has 0 amide bonds. The van der Waals surface area contributed by atoms with E-state index in [9.17, 15) is 9.65 Å². The first-order chi connectivity index (χ1) is 11.2. The van der Waals surface area contributed by atoms with Crippen LogP contribution in [0.25, 0.3) is 0 Å². The summed E-state index contributed by atoms with van der Waals surface area (Å²) in [6.45, 7) is 3.07. The molecule has 3 nitrogen and oxygen atoms in total. The van der Waals surface area contributed by atoms with Crippen LogP contribution in [0, 0.1) is 17.1 Å². The Morgan fingerprint density at radius 2 is 1.61 bits per heavy atom. The van der Waals surface area contributed by atoms with Crippen LogP contribution in [0.4, 0.5) is 4.39 Å². The van der Waals surface area contributed by atoms with E-state index in [0.717, 1.165) is 17.7 Å². The second kappa shape index (κ2) is 8.79. The maximum atomic E-state index is 12.8. The molecule has 4 heteroatoms. The maximum absolute atomic E-state index is 12.8. The van der Waals surface area contributed by atoms with Gasteiger partial charge in [0.1, 0.15) is 17.3 Å². The van der Waals surface area contributed by atoms with Gasteiger partial charge in [0.2, 0.25) is 0 Å². The SMILES string of the molecule is CCOc1ccc(C(C#N)CCCOc2ccc(F)cc2)cc1. The maximum Gasteiger partial charge on any atom is 0.123 e. The summed E-state index contributed by atoms with van der Waals surface area (Å²) in [6, 6.07) is 15.9. The molecular weight excluding hydrogens is 293 g/mol. The summed E-state index contributed by atoms with van der Waals surface area (Å²) in [7, 11) is 0. The lowest BCUT2D eigenvalue weighted by Crippen LogP contribution is -2.02. The highest BCUT2D eigenvalue weighted by Gasteiger charge is 2.10. The summed E-state index contributed by atoms with van der Waals surface area (Å²) < 4.78 is 23.7. The molecule has 2 aromatic rings. The third-order valence-electron chi connectivity index (χ3n) is 3.47. The minimum absolute atomic E-state index is 0.164. The fourth-order valence-electron chi connectivity index (χ4n) is 2.28. The molecule has 0 fully saturated rings. The lowest BCUT2D eigenvalue weighted by atomic mass is 9.96. The van der Waals surface area contributed by atoms with Crippen molar-refractivity contribution < 1.29 is 13.9 Å². The molecular formula is C19H20FNO2. The topological polar surface area (TPSA) is 42.2 Å². The van der Waals surface area contributed by atoms with Crippen LogP contribution >= 0.6 is 0 Å². The van der Waals surface area contributed by atoms with Gasteiger partial charge in [-0.3, -0.25) is 0 Å². The second-order valence-electron chi connectivity index (χ2n) is 5.13. The van der Waals surface area contributed by atoms with E-state index in [0.29, 0.717) is 25.4 Å². The number of hydrogen-bond donors (Lipinski definition) is 0. The Bertz CT molecular complexity index is 632. The molecule has 0 aliphatic heterocycles. The number of nitriles is 1. The van der Waals surface area contributed by atoms with Crippen LogP contribution in [0.5, 0.6) is 11.5 Å². The Labute approximate surface area is 136 Å². The second-order valence-corrected chi connectivity index (χ2v) is 5.13. The van der Waals surface area contributed by atoms with Crippen molar-refractivity contribution in [3.05, 3.63) is 59.9 Å². The van der Waals surface area contributed by atoms with Gasteiger partial charge in [-0.1, -0.05) is 12.1 Å². The Hall–Kier alpha value is -2.54. The zero-order valence-corrected chi connectivity index (χ0v) is 13.2. The predicted octanol–water partition coefficient (Wildman–Crippen LogP) is 4.69. The van der Waals surface area contributed by atoms with Crippen molar-refractivity contribution in [2.45, 2.75) is 25.7 Å². The van der Waals surface area contributed by atoms with E-state index >= 15 is 0 Å². The summed E-state index contributed by atoms with van der Waals surface area (Å²) in [6.07, 6.45) is 1.47. The van der Waals surface area contributed by atoms with Crippen molar-refractivity contribution in [2.24, 2.45) is 0 Å². The third kappa shape index (κ3) is 5.30. The van der Waals surface area contributed by atoms with E-state index in [1.807, 2.05) is 31.2 Å². The molecule has 0 saturated heterocycles. The highest BCUT2D eigenvalue weighted by molar-refractivity contribution is 5.32. The first-order valence-corrected chi connectivity index (χ1v) is 7.73. The lowest BCUT2D eigenvalue weighted by Gasteiger charge is -2.11. The molecule has 2 rings (SSSR count). The van der Waals surface area contributed by atoms with E-state index in [1.54, 1.807) is 12.1 Å². The standard InChI is InChI=1S/C19H20FNO2/c1-2-22-18-9-5-15(6-10-18)16(14-21)4-3-13-23-19-11-7-17(20)8-12-19/h5-12,16H,2-4,13H2,1H3. The van der Waals surface area contributed by atoms with Gasteiger partial charge in [0.25, 0.3) is 0 Å². The number of ether oxygens (including phenoxy) is 2. The minimum Gasteiger partial charge on any atom is -0.494 e. The summed E-state index contributed by atoms with van der Waals surface area (Å²) in [5.41, 5.74) is 0.984. The smallest absolute Gasteiger partial charge is 0.123 e. The molecule has 0 aliphatic carbocycles. The summed E-state index contributed by atoms with van der Waals surface area (Å²) in [4.78, 5) is 0. The Kier molecular flexibility index (Phi) is 6.43. The van der Waals surface area contributed by atoms with Crippen molar-refractivity contribution in [1.82, 2.24) is 0 Å². The summed E-state index contributed by atoms with van der Waals surface area (Å²) in [5.74, 6) is 1.01. The molecule has 2 aromatic carbocycles. The highest BCUT2D eigenvalue weighted by Crippen LogP contribution is 2.23. The van der Waals surface area contributed by atoms with E-state index < -0.39 is 0 Å². The molecule has 1 unspecified atom stereocenters. The number of halogens is 1. The number of rotatable bonds is 8. The first kappa shape index (κ1) is 16.8. The fourth-order valence-corrected chi connectivity index (χ4v) is 2.28. The van der Waals surface area contributed by atoms with Gasteiger partial charge < -0.3 is 9.47 Å². The number of hydrogen-bond acceptors (Lipinski definition) is 3. The van der Waals surface area contributed by atoms with Crippen molar-refractivity contribution in [3.63, 3.8) is 0 Å². The van der Waals surface area contributed by atoms with Gasteiger partial charge in [-0.2, -0.15) is 5.26 Å². The van der Waals surface area contributed by atoms with E-state index in [4.69, 9.17) is 9.47 Å². The van der Waals surface area contributed by atoms with Gasteiger partial charge >= 0.3 is 0 Å². The van der Waals surface area contributed by atoms with Crippen LogP contribution in [-0.2, 0) is 0 Å². The molecule has 0 aromatic heterocycles. The number of benzene rings is 2. The van der Waals surface area contributed by atoms with Crippen molar-refractivity contribution in [3.8, 4) is 17.6 Å². The van der Waals surface area contributed by atoms with Crippen LogP contribution in [0.2, 0.25) is 0 Å². The van der Waals surface area contributed by atoms with Gasteiger partial charge in [0.05, 0.1) is 25.2 Å². The van der Waals surface area contributed by atoms with E-state index in [1.165, 1.54) is 12.1 Å². The van der Waals surface area contributed by atoms with Crippen LogP contribution in [0.1, 0.15) is 31.2 Å². The van der Waals surface area contributed by atoms with Gasteiger partial charge in [-0.25, -0.2) is 4.39 Å². The Balaban J connectivity index is 1.80. The molecule has 0 spiro atoms. The minimum atomic E-state index is -0.280. The van der Waals surface area contributed by atoms with Crippen molar-refractivity contribution in [2.75, 3.05) is 13.2 Å². The lowest BCUT2D eigenvalue weighted by molar-refractivity contribution is 0.304. The molecule has 0 N–H and O–H groups in total. The normalized spacial score (nSPS) is 11.5. The van der Waals surface area contributed by atoms with Crippen molar-refractivity contribution >= 4 is 0 Å². The van der Waals surface area contributed by atoms with Gasteiger partial charge in [-0.15, -0.1) is 0 Å². The Morgan fingerprint density at radius 3 is 2.22 bits per heavy atom. The van der Waals surface area contributed by atoms with Crippen LogP contribution in [-0.4, -0.2) is 13.2 Å². The first-order valence-electron chi connectivity index (χ1n) is 7.73. The third-order valence-corrected chi connectivity index (χ3v) is 3.47. The molecule has 0 heterocycles. The molecule has 23 heavy (non-hydrogen) atoms. The highest BCUT2D eigenvalue weighted by atomic mass is 19.1. The molecule has 120 valence electrons. The van der Waals surface area contributed by atoms with Crippen LogP contribution < -0.4 is 9.47 Å². The zero-order valence-electron chi connectivity index (χ0n) is 13.2. The number of nitrogens with zero attached hydrogens (tertiary/aromatic N) is 1. The van der Waals surface area contributed by atoms with Crippen molar-refractivity contribution in [1.29, 1.82) is 5.26 Å². The predicted molar refractivity (Wildman–Crippen MR) is 87.1 cm³/mol. The summed E-state index contributed by atoms with van der Waals surface area (Å²) >= 11 is 0. The average molecular weight is 313 g/mol. The van der Waals surface area contributed by atoms with Crippen LogP contribution in [0.3, 0.4) is 0 Å². The zero-order chi connectivity index (χ0) is 16.5. The quantitative estimate of drug-likeness (QED) is 0.664. The fraction of sp³-hybridized carbons (Fsp3) is 0.316. The largest absolute Gasteiger partial charge is 0.494 e. The van der Waals surface area contributed by atoms with Gasteiger partial charge in [0.15, 0.2) is 0 Å². The molecule has 0 aliphatic rings. The summed E-state index contributed by atoms with van der Waals surface area (Å²) in [5, 5.41) is 9.34. The molecule has 0 radical (unpaired) electrons. The van der Waals surface area contributed by atoms with E-state index in [-0.39, 0.29) is 11.7 Å². The molecule has 1 atom stereocenters. The molecule has 0 bridgehead atoms. The molecule has 0 saturated carbocycles. The van der Waals surface area contributed by atoms with E-state index in [2.05, 4.69) is 6.07 Å². The van der Waals surface area contributed by atoms with Crippen LogP contribution in [0.15, 0.2) is 48.5 Å².